The van der Waals surface area contributed by atoms with Gasteiger partial charge in [-0.15, -0.1) is 0 Å². The Morgan fingerprint density at radius 1 is 0.886 bits per heavy atom. The maximum absolute atomic E-state index is 5.93. The van der Waals surface area contributed by atoms with Gasteiger partial charge in [0.05, 0.1) is 17.8 Å². The normalized spacial score (nSPS) is 18.7. The number of nitrogens with zero attached hydrogens (tertiary/aromatic N) is 3. The fourth-order valence-electron chi connectivity index (χ4n) is 5.37. The van der Waals surface area contributed by atoms with E-state index >= 15 is 0 Å². The number of fused-ring (bicyclic) bond motifs is 1. The number of pyridine rings is 1. The summed E-state index contributed by atoms with van der Waals surface area (Å²) in [6.45, 7) is 6.81. The van der Waals surface area contributed by atoms with E-state index in [-0.39, 0.29) is 18.9 Å². The summed E-state index contributed by atoms with van der Waals surface area (Å²) in [4.78, 5) is 6.90. The molecule has 0 saturated carbocycles. The number of thiocarbonyl (C=S) groups is 1. The molecule has 4 heterocycles. The third kappa shape index (κ3) is 3.46. The largest absolute Gasteiger partial charge is 0.454 e. The van der Waals surface area contributed by atoms with Crippen molar-refractivity contribution in [1.82, 2.24) is 14.9 Å². The number of anilines is 1. The topological polar surface area (TPSA) is 51.6 Å². The van der Waals surface area contributed by atoms with Crippen LogP contribution in [-0.2, 0) is 0 Å². The molecule has 2 unspecified atom stereocenters. The average molecular weight is 483 g/mol. The highest BCUT2D eigenvalue weighted by atomic mass is 32.1. The fraction of sp³-hybridized carbons (Fsp3) is 0.214. The zero-order valence-corrected chi connectivity index (χ0v) is 20.7. The van der Waals surface area contributed by atoms with E-state index in [4.69, 9.17) is 26.7 Å². The van der Waals surface area contributed by atoms with Crippen molar-refractivity contribution in [3.05, 3.63) is 101 Å². The van der Waals surface area contributed by atoms with Crippen molar-refractivity contribution in [2.24, 2.45) is 0 Å². The maximum Gasteiger partial charge on any atom is 0.231 e. The molecule has 4 aromatic rings. The molecule has 2 atom stereocenters. The van der Waals surface area contributed by atoms with Gasteiger partial charge in [-0.2, -0.15) is 0 Å². The van der Waals surface area contributed by atoms with E-state index in [0.29, 0.717) is 5.11 Å². The molecule has 1 saturated heterocycles. The van der Waals surface area contributed by atoms with E-state index in [1.54, 1.807) is 0 Å². The lowest BCUT2D eigenvalue weighted by Crippen LogP contribution is -2.29. The second-order valence-electron chi connectivity index (χ2n) is 8.91. The van der Waals surface area contributed by atoms with Crippen molar-refractivity contribution in [3.63, 3.8) is 0 Å². The number of aromatic nitrogens is 2. The van der Waals surface area contributed by atoms with Crippen LogP contribution in [0.25, 0.3) is 5.69 Å². The van der Waals surface area contributed by atoms with Crippen LogP contribution in [0.4, 0.5) is 5.69 Å². The molecule has 2 aliphatic heterocycles. The fourth-order valence-corrected chi connectivity index (χ4v) is 5.71. The Bertz CT molecular complexity index is 1420. The second-order valence-corrected chi connectivity index (χ2v) is 9.30. The Hall–Kier alpha value is -3.84. The molecule has 2 aliphatic rings. The first-order valence-corrected chi connectivity index (χ1v) is 12.1. The molecule has 6 rings (SSSR count). The minimum atomic E-state index is -0.113. The van der Waals surface area contributed by atoms with Crippen LogP contribution in [0.1, 0.15) is 40.3 Å². The lowest BCUT2D eigenvalue weighted by molar-refractivity contribution is 0.174. The smallest absolute Gasteiger partial charge is 0.231 e. The van der Waals surface area contributed by atoms with Crippen LogP contribution in [0, 0.1) is 20.8 Å². The molecular weight excluding hydrogens is 456 g/mol. The van der Waals surface area contributed by atoms with Gasteiger partial charge in [0, 0.05) is 40.6 Å². The molecule has 0 radical (unpaired) electrons. The first-order valence-electron chi connectivity index (χ1n) is 11.7. The van der Waals surface area contributed by atoms with Crippen molar-refractivity contribution in [2.45, 2.75) is 32.9 Å². The summed E-state index contributed by atoms with van der Waals surface area (Å²) in [7, 11) is 0. The number of para-hydroxylation sites is 1. The zero-order chi connectivity index (χ0) is 24.1. The Morgan fingerprint density at radius 2 is 1.66 bits per heavy atom. The van der Waals surface area contributed by atoms with Crippen molar-refractivity contribution < 1.29 is 9.47 Å². The number of ether oxygens (including phenoxy) is 2. The van der Waals surface area contributed by atoms with Gasteiger partial charge >= 0.3 is 0 Å². The molecule has 0 aliphatic carbocycles. The van der Waals surface area contributed by atoms with E-state index in [1.165, 1.54) is 22.5 Å². The minimum Gasteiger partial charge on any atom is -0.454 e. The predicted octanol–water partition coefficient (Wildman–Crippen LogP) is 5.70. The molecule has 7 heteroatoms. The van der Waals surface area contributed by atoms with Gasteiger partial charge in [0.25, 0.3) is 0 Å². The second kappa shape index (κ2) is 8.43. The zero-order valence-electron chi connectivity index (χ0n) is 19.9. The van der Waals surface area contributed by atoms with E-state index < -0.39 is 0 Å². The molecule has 0 spiro atoms. The van der Waals surface area contributed by atoms with Gasteiger partial charge in [0.2, 0.25) is 6.79 Å². The molecule has 0 bridgehead atoms. The average Bonchev–Trinajstić information content (AvgIpc) is 3.54. The lowest BCUT2D eigenvalue weighted by atomic mass is 9.93. The molecule has 35 heavy (non-hydrogen) atoms. The van der Waals surface area contributed by atoms with Crippen LogP contribution < -0.4 is 19.7 Å². The number of nitrogens with one attached hydrogen (secondary N) is 1. The summed E-state index contributed by atoms with van der Waals surface area (Å²) >= 11 is 5.93. The Labute approximate surface area is 210 Å². The van der Waals surface area contributed by atoms with Gasteiger partial charge in [0.15, 0.2) is 16.6 Å². The summed E-state index contributed by atoms with van der Waals surface area (Å²) in [5, 5.41) is 4.23. The number of rotatable bonds is 4. The molecule has 1 fully saturated rings. The van der Waals surface area contributed by atoms with Crippen LogP contribution in [0.15, 0.2) is 72.9 Å². The van der Waals surface area contributed by atoms with Gasteiger partial charge in [-0.3, -0.25) is 4.98 Å². The van der Waals surface area contributed by atoms with Gasteiger partial charge in [-0.05, 0) is 75.0 Å². The minimum absolute atomic E-state index is 0.0959. The summed E-state index contributed by atoms with van der Waals surface area (Å²) < 4.78 is 13.6. The van der Waals surface area contributed by atoms with Gasteiger partial charge in [0.1, 0.15) is 0 Å². The van der Waals surface area contributed by atoms with Crippen molar-refractivity contribution >= 4 is 23.0 Å². The Morgan fingerprint density at radius 3 is 2.43 bits per heavy atom. The third-order valence-corrected chi connectivity index (χ3v) is 7.36. The van der Waals surface area contributed by atoms with Crippen LogP contribution in [0.3, 0.4) is 0 Å². The molecule has 0 amide bonds. The van der Waals surface area contributed by atoms with E-state index in [1.807, 2.05) is 42.6 Å². The van der Waals surface area contributed by atoms with Crippen LogP contribution in [0.5, 0.6) is 11.5 Å². The first kappa shape index (κ1) is 21.7. The van der Waals surface area contributed by atoms with E-state index in [2.05, 4.69) is 65.9 Å². The molecule has 2 aromatic heterocycles. The van der Waals surface area contributed by atoms with Crippen LogP contribution in [-0.4, -0.2) is 21.5 Å². The predicted molar refractivity (Wildman–Crippen MR) is 140 cm³/mol. The van der Waals surface area contributed by atoms with Gasteiger partial charge < -0.3 is 24.3 Å². The van der Waals surface area contributed by atoms with E-state index in [9.17, 15) is 0 Å². The molecular formula is C28H26N4O2S. The van der Waals surface area contributed by atoms with Crippen LogP contribution >= 0.6 is 12.2 Å². The highest BCUT2D eigenvalue weighted by Crippen LogP contribution is 2.47. The molecule has 176 valence electrons. The number of benzene rings is 2. The quantitative estimate of drug-likeness (QED) is 0.377. The summed E-state index contributed by atoms with van der Waals surface area (Å²) in [6, 6.07) is 22.3. The van der Waals surface area contributed by atoms with E-state index in [0.717, 1.165) is 28.6 Å². The monoisotopic (exact) mass is 482 g/mol. The summed E-state index contributed by atoms with van der Waals surface area (Å²) in [5.74, 6) is 1.49. The van der Waals surface area contributed by atoms with Crippen molar-refractivity contribution in [1.29, 1.82) is 0 Å². The SMILES string of the molecule is Cc1c(C2C(c3ccccn3)NC(=S)N2c2ccc3c(c2)OCO3)c(C)n(-c2ccccc2)c1C. The van der Waals surface area contributed by atoms with Gasteiger partial charge in [-0.1, -0.05) is 24.3 Å². The highest BCUT2D eigenvalue weighted by molar-refractivity contribution is 7.80. The van der Waals surface area contributed by atoms with Crippen molar-refractivity contribution in [3.8, 4) is 17.2 Å². The first-order chi connectivity index (χ1) is 17.0. The van der Waals surface area contributed by atoms with Crippen molar-refractivity contribution in [2.75, 3.05) is 11.7 Å². The maximum atomic E-state index is 5.93. The van der Waals surface area contributed by atoms with Gasteiger partial charge in [-0.25, -0.2) is 0 Å². The Balaban J connectivity index is 1.55. The standard InChI is InChI=1S/C28H26N4O2S/c1-17-18(2)31(20-9-5-4-6-10-20)19(3)25(17)27-26(22-11-7-8-14-29-22)30-28(35)32(27)21-12-13-23-24(15-21)34-16-33-23/h4-15,26-27H,16H2,1-3H3,(H,30,35). The molecule has 2 aromatic carbocycles. The number of hydrogen-bond donors (Lipinski definition) is 1. The third-order valence-electron chi connectivity index (χ3n) is 7.05. The molecule has 6 nitrogen and oxygen atoms in total. The summed E-state index contributed by atoms with van der Waals surface area (Å²) in [5.41, 5.74) is 7.95. The van der Waals surface area contributed by atoms with Crippen LogP contribution in [0.2, 0.25) is 0 Å². The summed E-state index contributed by atoms with van der Waals surface area (Å²) in [6.07, 6.45) is 1.83. The highest BCUT2D eigenvalue weighted by Gasteiger charge is 2.43. The lowest BCUT2D eigenvalue weighted by Gasteiger charge is -2.29. The Kier molecular flexibility index (Phi) is 5.22. The number of hydrogen-bond acceptors (Lipinski definition) is 4. The molecule has 1 N–H and O–H groups in total.